The average molecular weight is 379 g/mol. The molecule has 1 aliphatic carbocycles. The van der Waals surface area contributed by atoms with E-state index in [9.17, 15) is 13.2 Å². The predicted octanol–water partition coefficient (Wildman–Crippen LogP) is 3.09. The average Bonchev–Trinajstić information content (AvgIpc) is 2.67. The molecule has 1 unspecified atom stereocenters. The quantitative estimate of drug-likeness (QED) is 0.856. The number of hydrogen-bond donors (Lipinski definition) is 1. The van der Waals surface area contributed by atoms with Crippen molar-refractivity contribution in [3.63, 3.8) is 0 Å². The molecule has 1 N–H and O–H groups in total. The number of amides is 1. The van der Waals surface area contributed by atoms with Gasteiger partial charge in [-0.25, -0.2) is 13.1 Å². The molecule has 1 aromatic carbocycles. The van der Waals surface area contributed by atoms with E-state index in [1.54, 1.807) is 24.3 Å². The Hall–Kier alpha value is -1.40. The van der Waals surface area contributed by atoms with Gasteiger partial charge in [0.2, 0.25) is 15.9 Å². The largest absolute Gasteiger partial charge is 0.342 e. The van der Waals surface area contributed by atoms with Crippen LogP contribution >= 0.6 is 0 Å². The van der Waals surface area contributed by atoms with Gasteiger partial charge < -0.3 is 4.90 Å². The monoisotopic (exact) mass is 378 g/mol. The van der Waals surface area contributed by atoms with Crippen LogP contribution in [0.5, 0.6) is 0 Å². The van der Waals surface area contributed by atoms with E-state index in [0.29, 0.717) is 18.0 Å². The van der Waals surface area contributed by atoms with E-state index in [1.807, 2.05) is 11.8 Å². The van der Waals surface area contributed by atoms with Crippen molar-refractivity contribution in [3.05, 3.63) is 29.8 Å². The normalized spacial score (nSPS) is 22.3. The van der Waals surface area contributed by atoms with Crippen LogP contribution in [0, 0.1) is 18.8 Å². The van der Waals surface area contributed by atoms with E-state index in [0.717, 1.165) is 50.6 Å². The number of likely N-dealkylation sites (tertiary alicyclic amines) is 1. The van der Waals surface area contributed by atoms with Crippen LogP contribution in [0.4, 0.5) is 0 Å². The minimum Gasteiger partial charge on any atom is -0.342 e. The van der Waals surface area contributed by atoms with Crippen molar-refractivity contribution in [2.45, 2.75) is 56.8 Å². The number of carbonyl (C=O) groups excluding carboxylic acids is 1. The Bertz CT molecular complexity index is 709. The third kappa shape index (κ3) is 4.86. The zero-order valence-corrected chi connectivity index (χ0v) is 16.4. The summed E-state index contributed by atoms with van der Waals surface area (Å²) in [6.45, 7) is 3.82. The first kappa shape index (κ1) is 19.4. The van der Waals surface area contributed by atoms with Crippen molar-refractivity contribution >= 4 is 15.9 Å². The minimum atomic E-state index is -3.49. The predicted molar refractivity (Wildman–Crippen MR) is 102 cm³/mol. The Labute approximate surface area is 157 Å². The van der Waals surface area contributed by atoms with Gasteiger partial charge in [0.05, 0.1) is 4.90 Å². The van der Waals surface area contributed by atoms with E-state index < -0.39 is 10.0 Å². The van der Waals surface area contributed by atoms with Crippen LogP contribution in [0.1, 0.15) is 50.5 Å². The van der Waals surface area contributed by atoms with E-state index in [1.165, 1.54) is 6.42 Å². The van der Waals surface area contributed by atoms with Crippen molar-refractivity contribution < 1.29 is 13.2 Å². The molecule has 0 bridgehead atoms. The van der Waals surface area contributed by atoms with Crippen LogP contribution in [-0.4, -0.2) is 38.9 Å². The summed E-state index contributed by atoms with van der Waals surface area (Å²) < 4.78 is 27.7. The summed E-state index contributed by atoms with van der Waals surface area (Å²) in [5.41, 5.74) is 1.04. The standard InChI is InChI=1S/C20H30N2O3S/c1-16-9-11-19(12-10-16)26(24,25)21-14-17-6-5-13-22(15-17)20(23)18-7-3-2-4-8-18/h9-12,17-18,21H,2-8,13-15H2,1H3. The molecule has 1 amide bonds. The molecule has 0 aromatic heterocycles. The fraction of sp³-hybridized carbons (Fsp3) is 0.650. The number of hydrogen-bond acceptors (Lipinski definition) is 3. The highest BCUT2D eigenvalue weighted by Crippen LogP contribution is 2.27. The van der Waals surface area contributed by atoms with Gasteiger partial charge >= 0.3 is 0 Å². The Morgan fingerprint density at radius 3 is 2.46 bits per heavy atom. The summed E-state index contributed by atoms with van der Waals surface area (Å²) in [6.07, 6.45) is 7.50. The maximum Gasteiger partial charge on any atom is 0.240 e. The zero-order chi connectivity index (χ0) is 18.6. The highest BCUT2D eigenvalue weighted by Gasteiger charge is 2.30. The molecule has 5 nitrogen and oxygen atoms in total. The summed E-state index contributed by atoms with van der Waals surface area (Å²) in [7, 11) is -3.49. The number of piperidine rings is 1. The zero-order valence-electron chi connectivity index (χ0n) is 15.6. The van der Waals surface area contributed by atoms with Gasteiger partial charge in [-0.15, -0.1) is 0 Å². The first-order valence-corrected chi connectivity index (χ1v) is 11.3. The molecule has 1 aliphatic heterocycles. The number of rotatable bonds is 5. The lowest BCUT2D eigenvalue weighted by Gasteiger charge is -2.36. The van der Waals surface area contributed by atoms with Crippen LogP contribution < -0.4 is 4.72 Å². The Morgan fingerprint density at radius 2 is 1.77 bits per heavy atom. The smallest absolute Gasteiger partial charge is 0.240 e. The highest BCUT2D eigenvalue weighted by molar-refractivity contribution is 7.89. The molecule has 0 spiro atoms. The van der Waals surface area contributed by atoms with Crippen molar-refractivity contribution in [2.75, 3.05) is 19.6 Å². The molecule has 1 aromatic rings. The fourth-order valence-corrected chi connectivity index (χ4v) is 5.18. The topological polar surface area (TPSA) is 66.5 Å². The SMILES string of the molecule is Cc1ccc(S(=O)(=O)NCC2CCCN(C(=O)C3CCCCC3)C2)cc1. The molecule has 0 radical (unpaired) electrons. The van der Waals surface area contributed by atoms with Crippen molar-refractivity contribution in [2.24, 2.45) is 11.8 Å². The number of nitrogens with one attached hydrogen (secondary N) is 1. The van der Waals surface area contributed by atoms with E-state index in [4.69, 9.17) is 0 Å². The maximum atomic E-state index is 12.7. The van der Waals surface area contributed by atoms with Gasteiger partial charge in [-0.05, 0) is 50.7 Å². The molecule has 2 aliphatic rings. The molecule has 144 valence electrons. The van der Waals surface area contributed by atoms with Crippen LogP contribution in [0.2, 0.25) is 0 Å². The van der Waals surface area contributed by atoms with Crippen molar-refractivity contribution in [3.8, 4) is 0 Å². The molecule has 1 atom stereocenters. The highest BCUT2D eigenvalue weighted by atomic mass is 32.2. The van der Waals surface area contributed by atoms with Gasteiger partial charge in [0, 0.05) is 25.6 Å². The Kier molecular flexibility index (Phi) is 6.35. The lowest BCUT2D eigenvalue weighted by atomic mass is 9.87. The lowest BCUT2D eigenvalue weighted by molar-refractivity contribution is -0.138. The molecule has 1 saturated carbocycles. The minimum absolute atomic E-state index is 0.187. The summed E-state index contributed by atoms with van der Waals surface area (Å²) in [5.74, 6) is 0.666. The van der Waals surface area contributed by atoms with Crippen LogP contribution in [0.25, 0.3) is 0 Å². The maximum absolute atomic E-state index is 12.7. The van der Waals surface area contributed by atoms with Gasteiger partial charge in [0.25, 0.3) is 0 Å². The summed E-state index contributed by atoms with van der Waals surface area (Å²) >= 11 is 0. The lowest BCUT2D eigenvalue weighted by Crippen LogP contribution is -2.46. The van der Waals surface area contributed by atoms with Gasteiger partial charge in [0.1, 0.15) is 0 Å². The molecule has 1 heterocycles. The fourth-order valence-electron chi connectivity index (χ4n) is 4.07. The molecular formula is C20H30N2O3S. The first-order valence-electron chi connectivity index (χ1n) is 9.81. The van der Waals surface area contributed by atoms with Gasteiger partial charge in [-0.2, -0.15) is 0 Å². The molecule has 2 fully saturated rings. The van der Waals surface area contributed by atoms with Gasteiger partial charge in [0.15, 0.2) is 0 Å². The van der Waals surface area contributed by atoms with Gasteiger partial charge in [-0.1, -0.05) is 37.0 Å². The van der Waals surface area contributed by atoms with E-state index in [2.05, 4.69) is 4.72 Å². The van der Waals surface area contributed by atoms with Crippen LogP contribution in [0.3, 0.4) is 0 Å². The second-order valence-corrected chi connectivity index (χ2v) is 9.56. The number of nitrogens with zero attached hydrogens (tertiary/aromatic N) is 1. The van der Waals surface area contributed by atoms with Crippen LogP contribution in [-0.2, 0) is 14.8 Å². The third-order valence-electron chi connectivity index (χ3n) is 5.68. The van der Waals surface area contributed by atoms with E-state index in [-0.39, 0.29) is 17.7 Å². The van der Waals surface area contributed by atoms with Crippen molar-refractivity contribution in [1.82, 2.24) is 9.62 Å². The number of benzene rings is 1. The van der Waals surface area contributed by atoms with Crippen molar-refractivity contribution in [1.29, 1.82) is 0 Å². The second kappa shape index (κ2) is 8.53. The molecule has 1 saturated heterocycles. The Balaban J connectivity index is 1.54. The first-order chi connectivity index (χ1) is 12.5. The Morgan fingerprint density at radius 1 is 1.08 bits per heavy atom. The summed E-state index contributed by atoms with van der Waals surface area (Å²) in [4.78, 5) is 15.0. The molecular weight excluding hydrogens is 348 g/mol. The third-order valence-corrected chi connectivity index (χ3v) is 7.12. The molecule has 6 heteroatoms. The van der Waals surface area contributed by atoms with Gasteiger partial charge in [-0.3, -0.25) is 4.79 Å². The molecule has 3 rings (SSSR count). The number of aryl methyl sites for hydroxylation is 1. The number of carbonyl (C=O) groups is 1. The van der Waals surface area contributed by atoms with Crippen LogP contribution in [0.15, 0.2) is 29.2 Å². The summed E-state index contributed by atoms with van der Waals surface area (Å²) in [6, 6.07) is 6.88. The second-order valence-electron chi connectivity index (χ2n) is 7.79. The molecule has 26 heavy (non-hydrogen) atoms. The van der Waals surface area contributed by atoms with E-state index >= 15 is 0 Å². The summed E-state index contributed by atoms with van der Waals surface area (Å²) in [5, 5.41) is 0. The number of sulfonamides is 1.